The summed E-state index contributed by atoms with van der Waals surface area (Å²) in [6.45, 7) is 6.46. The number of hydrogen-bond acceptors (Lipinski definition) is 4. The van der Waals surface area contributed by atoms with Gasteiger partial charge in [-0.25, -0.2) is 4.79 Å². The van der Waals surface area contributed by atoms with Crippen molar-refractivity contribution < 1.29 is 24.2 Å². The van der Waals surface area contributed by atoms with E-state index in [0.717, 1.165) is 19.3 Å². The molecule has 0 aromatic heterocycles. The van der Waals surface area contributed by atoms with Gasteiger partial charge >= 0.3 is 12.1 Å². The molecule has 7 heteroatoms. The zero-order valence-corrected chi connectivity index (χ0v) is 13.0. The summed E-state index contributed by atoms with van der Waals surface area (Å²) < 4.78 is 5.09. The van der Waals surface area contributed by atoms with E-state index in [0.29, 0.717) is 13.1 Å². The maximum Gasteiger partial charge on any atom is 0.407 e. The minimum absolute atomic E-state index is 0.00946. The molecule has 0 heterocycles. The van der Waals surface area contributed by atoms with Gasteiger partial charge in [0.05, 0.1) is 6.42 Å². The normalized spacial score (nSPS) is 10.8. The number of carboxylic acid groups (broad SMARTS) is 1. The Morgan fingerprint density at radius 3 is 2.05 bits per heavy atom. The van der Waals surface area contributed by atoms with Crippen molar-refractivity contribution in [3.63, 3.8) is 0 Å². The van der Waals surface area contributed by atoms with Gasteiger partial charge in [-0.05, 0) is 40.0 Å². The molecule has 0 aliphatic carbocycles. The third kappa shape index (κ3) is 14.4. The van der Waals surface area contributed by atoms with Gasteiger partial charge in [-0.1, -0.05) is 0 Å². The summed E-state index contributed by atoms with van der Waals surface area (Å²) in [5, 5.41) is 13.7. The van der Waals surface area contributed by atoms with Gasteiger partial charge in [0.15, 0.2) is 0 Å². The molecule has 0 aliphatic rings. The first-order valence-corrected chi connectivity index (χ1v) is 7.16. The monoisotopic (exact) mass is 302 g/mol. The van der Waals surface area contributed by atoms with Crippen LogP contribution in [-0.4, -0.2) is 41.8 Å². The summed E-state index contributed by atoms with van der Waals surface area (Å²) >= 11 is 0. The molecule has 0 saturated heterocycles. The molecule has 0 aliphatic heterocycles. The minimum atomic E-state index is -0.974. The van der Waals surface area contributed by atoms with E-state index in [1.165, 1.54) is 0 Å². The Balaban J connectivity index is 3.42. The second-order valence-corrected chi connectivity index (χ2v) is 5.73. The summed E-state index contributed by atoms with van der Waals surface area (Å²) in [5.74, 6) is -1.22. The van der Waals surface area contributed by atoms with Crippen LogP contribution in [0.3, 0.4) is 0 Å². The highest BCUT2D eigenvalue weighted by Crippen LogP contribution is 2.06. The number of alkyl carbamates (subject to hydrolysis) is 1. The molecule has 0 radical (unpaired) electrons. The lowest BCUT2D eigenvalue weighted by Crippen LogP contribution is -2.33. The van der Waals surface area contributed by atoms with Gasteiger partial charge in [0.1, 0.15) is 5.60 Å². The van der Waals surface area contributed by atoms with E-state index in [1.807, 2.05) is 0 Å². The van der Waals surface area contributed by atoms with E-state index < -0.39 is 17.7 Å². The Morgan fingerprint density at radius 2 is 1.52 bits per heavy atom. The molecule has 0 unspecified atom stereocenters. The largest absolute Gasteiger partial charge is 0.481 e. The quantitative estimate of drug-likeness (QED) is 0.562. The standard InChI is InChI=1S/C14H26N2O5/c1-14(2,3)21-13(20)16-10-6-4-5-9-15-11(17)7-8-12(18)19/h4-10H2,1-3H3,(H,15,17)(H,16,20)(H,18,19). The van der Waals surface area contributed by atoms with Gasteiger partial charge in [-0.2, -0.15) is 0 Å². The summed E-state index contributed by atoms with van der Waals surface area (Å²) in [6.07, 6.45) is 1.87. The predicted molar refractivity (Wildman–Crippen MR) is 78.0 cm³/mol. The van der Waals surface area contributed by atoms with E-state index in [9.17, 15) is 14.4 Å². The average Bonchev–Trinajstić information content (AvgIpc) is 2.33. The first-order chi connectivity index (χ1) is 9.70. The van der Waals surface area contributed by atoms with Crippen LogP contribution in [0.1, 0.15) is 52.9 Å². The van der Waals surface area contributed by atoms with E-state index in [-0.39, 0.29) is 18.7 Å². The number of unbranched alkanes of at least 4 members (excludes halogenated alkanes) is 2. The Labute approximate surface area is 125 Å². The van der Waals surface area contributed by atoms with E-state index in [4.69, 9.17) is 9.84 Å². The van der Waals surface area contributed by atoms with E-state index in [1.54, 1.807) is 20.8 Å². The molecule has 0 aromatic rings. The third-order valence-corrected chi connectivity index (χ3v) is 2.41. The molecule has 21 heavy (non-hydrogen) atoms. The number of ether oxygens (including phenoxy) is 1. The second kappa shape index (κ2) is 10.0. The molecule has 0 fully saturated rings. The fourth-order valence-corrected chi connectivity index (χ4v) is 1.47. The van der Waals surface area contributed by atoms with Gasteiger partial charge in [0, 0.05) is 19.5 Å². The van der Waals surface area contributed by atoms with E-state index in [2.05, 4.69) is 10.6 Å². The number of carbonyl (C=O) groups is 3. The van der Waals surface area contributed by atoms with Gasteiger partial charge in [0.2, 0.25) is 5.91 Å². The summed E-state index contributed by atoms with van der Waals surface area (Å²) in [5.41, 5.74) is -0.496. The van der Waals surface area contributed by atoms with Crippen LogP contribution in [-0.2, 0) is 14.3 Å². The predicted octanol–water partition coefficient (Wildman–Crippen LogP) is 1.66. The van der Waals surface area contributed by atoms with Crippen LogP contribution in [0.25, 0.3) is 0 Å². The van der Waals surface area contributed by atoms with E-state index >= 15 is 0 Å². The van der Waals surface area contributed by atoms with Crippen LogP contribution in [0.15, 0.2) is 0 Å². The van der Waals surface area contributed by atoms with Crippen molar-refractivity contribution >= 4 is 18.0 Å². The molecule has 0 aromatic carbocycles. The second-order valence-electron chi connectivity index (χ2n) is 5.73. The Morgan fingerprint density at radius 1 is 0.952 bits per heavy atom. The highest BCUT2D eigenvalue weighted by Gasteiger charge is 2.15. The maximum atomic E-state index is 11.3. The lowest BCUT2D eigenvalue weighted by atomic mass is 10.2. The SMILES string of the molecule is CC(C)(C)OC(=O)NCCCCCNC(=O)CCC(=O)O. The number of carbonyl (C=O) groups excluding carboxylic acids is 2. The zero-order valence-electron chi connectivity index (χ0n) is 13.0. The molecule has 2 amide bonds. The first kappa shape index (κ1) is 19.2. The number of hydrogen-bond donors (Lipinski definition) is 3. The Bertz CT molecular complexity index is 350. The van der Waals surface area contributed by atoms with Gasteiger partial charge < -0.3 is 20.5 Å². The van der Waals surface area contributed by atoms with Crippen molar-refractivity contribution in [2.24, 2.45) is 0 Å². The fourth-order valence-electron chi connectivity index (χ4n) is 1.47. The summed E-state index contributed by atoms with van der Waals surface area (Å²) in [7, 11) is 0. The molecule has 0 bridgehead atoms. The number of aliphatic carboxylic acids is 1. The average molecular weight is 302 g/mol. The lowest BCUT2D eigenvalue weighted by Gasteiger charge is -2.19. The van der Waals surface area contributed by atoms with Gasteiger partial charge in [0.25, 0.3) is 0 Å². The molecule has 0 atom stereocenters. The first-order valence-electron chi connectivity index (χ1n) is 7.16. The number of rotatable bonds is 9. The van der Waals surface area contributed by atoms with Crippen LogP contribution >= 0.6 is 0 Å². The maximum absolute atomic E-state index is 11.3. The zero-order chi connectivity index (χ0) is 16.3. The molecule has 122 valence electrons. The van der Waals surface area contributed by atoms with Crippen LogP contribution < -0.4 is 10.6 Å². The Kier molecular flexibility index (Phi) is 9.16. The smallest absolute Gasteiger partial charge is 0.407 e. The molecule has 7 nitrogen and oxygen atoms in total. The molecular formula is C14H26N2O5. The van der Waals surface area contributed by atoms with Crippen LogP contribution in [0.4, 0.5) is 4.79 Å². The van der Waals surface area contributed by atoms with Gasteiger partial charge in [-0.15, -0.1) is 0 Å². The molecule has 3 N–H and O–H groups in total. The molecular weight excluding hydrogens is 276 g/mol. The number of amides is 2. The van der Waals surface area contributed by atoms with Crippen molar-refractivity contribution in [1.29, 1.82) is 0 Å². The highest BCUT2D eigenvalue weighted by atomic mass is 16.6. The van der Waals surface area contributed by atoms with Crippen molar-refractivity contribution in [1.82, 2.24) is 10.6 Å². The number of nitrogens with one attached hydrogen (secondary N) is 2. The van der Waals surface area contributed by atoms with Crippen LogP contribution in [0, 0.1) is 0 Å². The third-order valence-electron chi connectivity index (χ3n) is 2.41. The highest BCUT2D eigenvalue weighted by molar-refractivity contribution is 5.80. The fraction of sp³-hybridized carbons (Fsp3) is 0.786. The van der Waals surface area contributed by atoms with Crippen molar-refractivity contribution in [3.8, 4) is 0 Å². The topological polar surface area (TPSA) is 105 Å². The molecule has 0 saturated carbocycles. The van der Waals surface area contributed by atoms with Crippen LogP contribution in [0.2, 0.25) is 0 Å². The van der Waals surface area contributed by atoms with Crippen molar-refractivity contribution in [3.05, 3.63) is 0 Å². The van der Waals surface area contributed by atoms with Crippen molar-refractivity contribution in [2.45, 2.75) is 58.5 Å². The molecule has 0 spiro atoms. The Hall–Kier alpha value is -1.79. The van der Waals surface area contributed by atoms with Crippen LogP contribution in [0.5, 0.6) is 0 Å². The van der Waals surface area contributed by atoms with Gasteiger partial charge in [-0.3, -0.25) is 9.59 Å². The summed E-state index contributed by atoms with van der Waals surface area (Å²) in [4.78, 5) is 32.8. The number of carboxylic acids is 1. The summed E-state index contributed by atoms with van der Waals surface area (Å²) in [6, 6.07) is 0. The molecule has 0 rings (SSSR count). The minimum Gasteiger partial charge on any atom is -0.481 e. The lowest BCUT2D eigenvalue weighted by molar-refractivity contribution is -0.138. The van der Waals surface area contributed by atoms with Crippen molar-refractivity contribution in [2.75, 3.05) is 13.1 Å².